The van der Waals surface area contributed by atoms with Crippen molar-refractivity contribution in [3.05, 3.63) is 59.7 Å². The van der Waals surface area contributed by atoms with Crippen molar-refractivity contribution in [2.75, 3.05) is 20.8 Å². The van der Waals surface area contributed by atoms with Crippen LogP contribution in [0.5, 0.6) is 17.2 Å². The van der Waals surface area contributed by atoms with E-state index in [0.29, 0.717) is 24.5 Å². The molecule has 2 aromatic rings. The maximum absolute atomic E-state index is 11.9. The second-order valence-corrected chi connectivity index (χ2v) is 6.18. The topological polar surface area (TPSA) is 54.0 Å². The smallest absolute Gasteiger partial charge is 0.330 e. The van der Waals surface area contributed by atoms with Crippen molar-refractivity contribution in [2.24, 2.45) is 0 Å². The van der Waals surface area contributed by atoms with Crippen LogP contribution in [0, 0.1) is 0 Å². The molecule has 0 atom stereocenters. The number of hydrogen-bond acceptors (Lipinski definition) is 5. The first-order chi connectivity index (χ1) is 13.0. The van der Waals surface area contributed by atoms with Gasteiger partial charge < -0.3 is 18.9 Å². The Balaban J connectivity index is 1.86. The molecule has 5 nitrogen and oxygen atoms in total. The summed E-state index contributed by atoms with van der Waals surface area (Å²) in [4.78, 5) is 11.9. The predicted molar refractivity (Wildman–Crippen MR) is 105 cm³/mol. The Morgan fingerprint density at radius 1 is 1.00 bits per heavy atom. The first-order valence-electron chi connectivity index (χ1n) is 8.84. The fourth-order valence-corrected chi connectivity index (χ4v) is 2.41. The summed E-state index contributed by atoms with van der Waals surface area (Å²) >= 11 is 0. The fourth-order valence-electron chi connectivity index (χ4n) is 2.41. The highest BCUT2D eigenvalue weighted by Crippen LogP contribution is 2.29. The van der Waals surface area contributed by atoms with Gasteiger partial charge in [-0.2, -0.15) is 0 Å². The average molecular weight is 370 g/mol. The van der Waals surface area contributed by atoms with Crippen LogP contribution < -0.4 is 14.2 Å². The van der Waals surface area contributed by atoms with Crippen molar-refractivity contribution in [1.82, 2.24) is 0 Å². The van der Waals surface area contributed by atoms with Gasteiger partial charge in [0.1, 0.15) is 5.75 Å². The van der Waals surface area contributed by atoms with Crippen LogP contribution in [0.2, 0.25) is 0 Å². The van der Waals surface area contributed by atoms with Crippen LogP contribution in [0.1, 0.15) is 25.0 Å². The number of ether oxygens (including phenoxy) is 4. The van der Waals surface area contributed by atoms with Crippen LogP contribution in [0.3, 0.4) is 0 Å². The van der Waals surface area contributed by atoms with E-state index >= 15 is 0 Å². The highest BCUT2D eigenvalue weighted by molar-refractivity contribution is 5.87. The van der Waals surface area contributed by atoms with E-state index in [1.165, 1.54) is 6.08 Å². The molecule has 2 aromatic carbocycles. The third-order valence-corrected chi connectivity index (χ3v) is 3.76. The summed E-state index contributed by atoms with van der Waals surface area (Å²) < 4.78 is 21.4. The Morgan fingerprint density at radius 3 is 2.37 bits per heavy atom. The van der Waals surface area contributed by atoms with Crippen LogP contribution in [0.25, 0.3) is 6.08 Å². The third kappa shape index (κ3) is 6.70. The fraction of sp³-hybridized carbons (Fsp3) is 0.318. The molecular formula is C22H26O5. The normalized spacial score (nSPS) is 10.9. The van der Waals surface area contributed by atoms with E-state index in [-0.39, 0.29) is 12.1 Å². The van der Waals surface area contributed by atoms with Crippen molar-refractivity contribution in [3.8, 4) is 17.2 Å². The number of carbonyl (C=O) groups excluding carboxylic acids is 1. The minimum atomic E-state index is -0.384. The van der Waals surface area contributed by atoms with Gasteiger partial charge in [0.2, 0.25) is 0 Å². The Morgan fingerprint density at radius 2 is 1.74 bits per heavy atom. The molecule has 0 unspecified atom stereocenters. The van der Waals surface area contributed by atoms with Gasteiger partial charge in [-0.3, -0.25) is 0 Å². The van der Waals surface area contributed by atoms with Crippen LogP contribution in [0.15, 0.2) is 48.5 Å². The number of rotatable bonds is 9. The lowest BCUT2D eigenvalue weighted by Crippen LogP contribution is -2.06. The van der Waals surface area contributed by atoms with Gasteiger partial charge >= 0.3 is 5.97 Å². The Hall–Kier alpha value is -2.95. The summed E-state index contributed by atoms with van der Waals surface area (Å²) in [5.41, 5.74) is 1.91. The van der Waals surface area contributed by atoms with Crippen LogP contribution in [0.4, 0.5) is 0 Å². The molecule has 5 heteroatoms. The molecule has 0 radical (unpaired) electrons. The zero-order chi connectivity index (χ0) is 19.6. The largest absolute Gasteiger partial charge is 0.497 e. The molecule has 0 aliphatic carbocycles. The van der Waals surface area contributed by atoms with Crippen LogP contribution in [-0.2, 0) is 16.0 Å². The maximum Gasteiger partial charge on any atom is 0.330 e. The highest BCUT2D eigenvalue weighted by atomic mass is 16.5. The lowest BCUT2D eigenvalue weighted by molar-refractivity contribution is -0.137. The lowest BCUT2D eigenvalue weighted by Gasteiger charge is -2.13. The summed E-state index contributed by atoms with van der Waals surface area (Å²) in [5.74, 6) is 1.72. The molecule has 0 amide bonds. The van der Waals surface area contributed by atoms with E-state index in [9.17, 15) is 4.79 Å². The molecular weight excluding hydrogens is 344 g/mol. The minimum Gasteiger partial charge on any atom is -0.497 e. The van der Waals surface area contributed by atoms with Crippen LogP contribution in [-0.4, -0.2) is 32.9 Å². The van der Waals surface area contributed by atoms with Crippen molar-refractivity contribution in [3.63, 3.8) is 0 Å². The van der Waals surface area contributed by atoms with E-state index in [2.05, 4.69) is 0 Å². The molecule has 0 aliphatic rings. The summed E-state index contributed by atoms with van der Waals surface area (Å²) in [6.07, 6.45) is 3.81. The first-order valence-corrected chi connectivity index (χ1v) is 8.84. The molecule has 0 heterocycles. The molecule has 0 saturated carbocycles. The Bertz CT molecular complexity index is 763. The van der Waals surface area contributed by atoms with Gasteiger partial charge in [-0.05, 0) is 55.3 Å². The van der Waals surface area contributed by atoms with Crippen molar-refractivity contribution in [2.45, 2.75) is 26.4 Å². The Labute approximate surface area is 160 Å². The summed E-state index contributed by atoms with van der Waals surface area (Å²) in [5, 5.41) is 0. The highest BCUT2D eigenvalue weighted by Gasteiger charge is 2.07. The van der Waals surface area contributed by atoms with Crippen LogP contribution >= 0.6 is 0 Å². The zero-order valence-electron chi connectivity index (χ0n) is 16.2. The van der Waals surface area contributed by atoms with E-state index in [1.807, 2.05) is 56.3 Å². The van der Waals surface area contributed by atoms with Gasteiger partial charge in [0, 0.05) is 12.5 Å². The van der Waals surface area contributed by atoms with E-state index in [0.717, 1.165) is 16.9 Å². The standard InChI is InChI=1S/C22H26O5/c1-16(2)27-20-11-7-18(15-21(20)25-4)8-12-22(23)26-14-13-17-5-9-19(24-3)10-6-17/h5-12,15-16H,13-14H2,1-4H3/b12-8+. The van der Waals surface area contributed by atoms with Gasteiger partial charge in [0.05, 0.1) is 26.9 Å². The molecule has 0 aromatic heterocycles. The molecule has 0 aliphatic heterocycles. The monoisotopic (exact) mass is 370 g/mol. The summed E-state index contributed by atoms with van der Waals surface area (Å²) in [6.45, 7) is 4.23. The van der Waals surface area contributed by atoms with E-state index in [4.69, 9.17) is 18.9 Å². The lowest BCUT2D eigenvalue weighted by atomic mass is 10.1. The second-order valence-electron chi connectivity index (χ2n) is 6.18. The maximum atomic E-state index is 11.9. The SMILES string of the molecule is COc1ccc(CCOC(=O)/C=C/c2ccc(OC(C)C)c(OC)c2)cc1. The van der Waals surface area contributed by atoms with Crippen molar-refractivity contribution < 1.29 is 23.7 Å². The predicted octanol–water partition coefficient (Wildman–Crippen LogP) is 4.29. The molecule has 2 rings (SSSR count). The van der Waals surface area contributed by atoms with Crippen molar-refractivity contribution in [1.29, 1.82) is 0 Å². The summed E-state index contributed by atoms with van der Waals surface area (Å²) in [7, 11) is 3.22. The molecule has 144 valence electrons. The Kier molecular flexibility index (Phi) is 7.74. The average Bonchev–Trinajstić information content (AvgIpc) is 2.67. The van der Waals surface area contributed by atoms with Gasteiger partial charge in [0.25, 0.3) is 0 Å². The first kappa shape index (κ1) is 20.4. The van der Waals surface area contributed by atoms with E-state index in [1.54, 1.807) is 20.3 Å². The minimum absolute atomic E-state index is 0.0565. The molecule has 0 spiro atoms. The molecule has 0 bridgehead atoms. The number of methoxy groups -OCH3 is 2. The molecule has 0 N–H and O–H groups in total. The third-order valence-electron chi connectivity index (χ3n) is 3.76. The van der Waals surface area contributed by atoms with Gasteiger partial charge in [-0.1, -0.05) is 18.2 Å². The number of hydrogen-bond donors (Lipinski definition) is 0. The molecule has 0 saturated heterocycles. The second kappa shape index (κ2) is 10.3. The van der Waals surface area contributed by atoms with Gasteiger partial charge in [-0.15, -0.1) is 0 Å². The van der Waals surface area contributed by atoms with Crippen molar-refractivity contribution >= 4 is 12.0 Å². The van der Waals surface area contributed by atoms with Gasteiger partial charge in [-0.25, -0.2) is 4.79 Å². The van der Waals surface area contributed by atoms with Gasteiger partial charge in [0.15, 0.2) is 11.5 Å². The van der Waals surface area contributed by atoms with E-state index < -0.39 is 0 Å². The zero-order valence-corrected chi connectivity index (χ0v) is 16.2. The number of benzene rings is 2. The number of esters is 1. The number of carbonyl (C=O) groups is 1. The quantitative estimate of drug-likeness (QED) is 0.487. The summed E-state index contributed by atoms with van der Waals surface area (Å²) in [6, 6.07) is 13.2. The molecule has 0 fully saturated rings. The molecule has 27 heavy (non-hydrogen) atoms.